The Bertz CT molecular complexity index is 949. The van der Waals surface area contributed by atoms with Crippen molar-refractivity contribution in [2.24, 2.45) is 0 Å². The minimum absolute atomic E-state index is 0. The Morgan fingerprint density at radius 3 is 1.68 bits per heavy atom. The van der Waals surface area contributed by atoms with Crippen molar-refractivity contribution in [2.45, 2.75) is 109 Å². The first kappa shape index (κ1) is 31.8. The van der Waals surface area contributed by atoms with Crippen LogP contribution in [0.2, 0.25) is 0 Å². The average molecular weight is 517 g/mol. The summed E-state index contributed by atoms with van der Waals surface area (Å²) in [5.74, 6) is -0.369. The van der Waals surface area contributed by atoms with Crippen molar-refractivity contribution in [3.8, 4) is 5.75 Å². The fraction of sp³-hybridized carbons (Fsp3) is 0.581. The third-order valence-corrected chi connectivity index (χ3v) is 7.98. The van der Waals surface area contributed by atoms with Gasteiger partial charge >= 0.3 is 29.6 Å². The van der Waals surface area contributed by atoms with Crippen molar-refractivity contribution in [1.82, 2.24) is 5.06 Å². The minimum Gasteiger partial charge on any atom is -0.545 e. The predicted molar refractivity (Wildman–Crippen MR) is 141 cm³/mol. The van der Waals surface area contributed by atoms with Crippen LogP contribution in [0.1, 0.15) is 119 Å². The van der Waals surface area contributed by atoms with E-state index in [0.717, 1.165) is 29.9 Å². The first-order valence-corrected chi connectivity index (χ1v) is 13.8. The number of benzene rings is 2. The number of carboxylic acids is 1. The monoisotopic (exact) mass is 516 g/mol. The van der Waals surface area contributed by atoms with Crippen LogP contribution >= 0.6 is 0 Å². The van der Waals surface area contributed by atoms with E-state index < -0.39 is 17.0 Å². The third kappa shape index (κ3) is 8.31. The molecule has 3 rings (SSSR count). The van der Waals surface area contributed by atoms with Crippen LogP contribution in [0.25, 0.3) is 0 Å². The molecule has 0 amide bonds. The maximum Gasteiger partial charge on any atom is 1.00 e. The van der Waals surface area contributed by atoms with Crippen LogP contribution in [0.15, 0.2) is 48.5 Å². The molecule has 1 heterocycles. The van der Waals surface area contributed by atoms with Crippen LogP contribution in [0.3, 0.4) is 0 Å². The Kier molecular flexibility index (Phi) is 13.2. The number of hydroxylamine groups is 2. The maximum atomic E-state index is 13.6. The number of carboxylic acid groups (broad SMARTS) is 1. The summed E-state index contributed by atoms with van der Waals surface area (Å²) in [6.07, 6.45) is 14.5. The van der Waals surface area contributed by atoms with Crippen LogP contribution in [-0.2, 0) is 16.3 Å². The van der Waals surface area contributed by atoms with E-state index in [4.69, 9.17) is 4.74 Å². The second-order valence-corrected chi connectivity index (χ2v) is 10.8. The Labute approximate surface area is 245 Å². The zero-order valence-corrected chi connectivity index (χ0v) is 25.4. The van der Waals surface area contributed by atoms with Crippen molar-refractivity contribution in [3.05, 3.63) is 65.2 Å². The molecule has 5 nitrogen and oxygen atoms in total. The first-order valence-electron chi connectivity index (χ1n) is 13.8. The van der Waals surface area contributed by atoms with Crippen molar-refractivity contribution in [3.63, 3.8) is 0 Å². The van der Waals surface area contributed by atoms with Crippen molar-refractivity contribution in [2.75, 3.05) is 6.61 Å². The molecule has 2 aromatic rings. The molecule has 1 fully saturated rings. The summed E-state index contributed by atoms with van der Waals surface area (Å²) < 4.78 is 5.95. The summed E-state index contributed by atoms with van der Waals surface area (Å²) in [5.41, 5.74) is 0.538. The number of nitrogens with zero attached hydrogens (tertiary/aromatic N) is 1. The molecule has 197 valence electrons. The standard InChI is InChI=1S/C31H44NO4.Na/c1-4-5-6-7-8-9-10-11-12-13-24-36-28-20-18-27(19-21-28)31(3)23-22-30(2,32(31)35)26-16-14-25(15-17-26)29(33)34;/h14-21H,4-13,22-24H2,1-3H3,(H,33,34);/q;+1/p-1/t30-,31-;/m0./s1. The molecular formula is C31H43NNaO4. The van der Waals surface area contributed by atoms with Crippen LogP contribution in [0.5, 0.6) is 5.75 Å². The van der Waals surface area contributed by atoms with Gasteiger partial charge in [0.05, 0.1) is 23.7 Å². The fourth-order valence-electron chi connectivity index (χ4n) is 5.41. The molecule has 1 aliphatic heterocycles. The molecule has 6 heteroatoms. The van der Waals surface area contributed by atoms with Gasteiger partial charge in [0.2, 0.25) is 0 Å². The number of hydrogen-bond acceptors (Lipinski definition) is 4. The maximum absolute atomic E-state index is 13.6. The molecule has 1 saturated heterocycles. The SMILES string of the molecule is CCCCCCCCCCCCOc1ccc([C@]2(C)CC[C@@](C)(c3ccc(C(=O)[O-])cc3)N2[O])cc1.[Na+]. The van der Waals surface area contributed by atoms with Crippen LogP contribution in [0, 0.1) is 0 Å². The average Bonchev–Trinajstić information content (AvgIpc) is 3.13. The van der Waals surface area contributed by atoms with Crippen molar-refractivity contribution < 1.29 is 49.4 Å². The number of carbonyl (C=O) groups excluding carboxylic acids is 1. The van der Waals surface area contributed by atoms with E-state index in [-0.39, 0.29) is 35.1 Å². The van der Waals surface area contributed by atoms with Gasteiger partial charge in [0, 0.05) is 0 Å². The predicted octanol–water partition coefficient (Wildman–Crippen LogP) is 3.93. The molecular weight excluding hydrogens is 473 g/mol. The Hall–Kier alpha value is -1.37. The quantitative estimate of drug-likeness (QED) is 0.266. The normalized spacial score (nSPS) is 21.5. The van der Waals surface area contributed by atoms with Gasteiger partial charge in [-0.05, 0) is 61.9 Å². The molecule has 0 bridgehead atoms. The molecule has 0 aliphatic carbocycles. The van der Waals surface area contributed by atoms with E-state index in [1.807, 2.05) is 38.1 Å². The molecule has 0 N–H and O–H groups in total. The van der Waals surface area contributed by atoms with Gasteiger partial charge in [-0.3, -0.25) is 0 Å². The van der Waals surface area contributed by atoms with E-state index in [1.165, 1.54) is 75.0 Å². The van der Waals surface area contributed by atoms with Gasteiger partial charge in [0.25, 0.3) is 0 Å². The summed E-state index contributed by atoms with van der Waals surface area (Å²) in [7, 11) is 0. The molecule has 0 aromatic heterocycles. The molecule has 0 unspecified atom stereocenters. The summed E-state index contributed by atoms with van der Waals surface area (Å²) >= 11 is 0. The van der Waals surface area contributed by atoms with E-state index in [0.29, 0.717) is 12.8 Å². The molecule has 1 aliphatic rings. The van der Waals surface area contributed by atoms with Gasteiger partial charge in [0.1, 0.15) is 5.75 Å². The minimum atomic E-state index is -1.21. The number of unbranched alkanes of at least 4 members (excludes halogenated alkanes) is 9. The number of rotatable bonds is 15. The van der Waals surface area contributed by atoms with Crippen molar-refractivity contribution >= 4 is 5.97 Å². The molecule has 2 aromatic carbocycles. The summed E-state index contributed by atoms with van der Waals surface area (Å²) in [5, 5.41) is 25.9. The summed E-state index contributed by atoms with van der Waals surface area (Å²) in [6.45, 7) is 6.90. The Morgan fingerprint density at radius 2 is 1.22 bits per heavy atom. The smallest absolute Gasteiger partial charge is 0.545 e. The molecule has 1 radical (unpaired) electrons. The number of hydrogen-bond donors (Lipinski definition) is 0. The zero-order chi connectivity index (χ0) is 26.0. The van der Waals surface area contributed by atoms with Crippen LogP contribution < -0.4 is 39.4 Å². The summed E-state index contributed by atoms with van der Waals surface area (Å²) in [4.78, 5) is 11.1. The summed E-state index contributed by atoms with van der Waals surface area (Å²) in [6, 6.07) is 14.4. The third-order valence-electron chi connectivity index (χ3n) is 7.98. The fourth-order valence-corrected chi connectivity index (χ4v) is 5.41. The van der Waals surface area contributed by atoms with Crippen LogP contribution in [0.4, 0.5) is 0 Å². The number of aromatic carboxylic acids is 1. The topological polar surface area (TPSA) is 72.5 Å². The van der Waals surface area contributed by atoms with Gasteiger partial charge in [0.15, 0.2) is 0 Å². The number of carbonyl (C=O) groups is 1. The van der Waals surface area contributed by atoms with Gasteiger partial charge in [-0.25, -0.2) is 0 Å². The number of ether oxygens (including phenoxy) is 1. The second-order valence-electron chi connectivity index (χ2n) is 10.8. The molecule has 0 spiro atoms. The second kappa shape index (κ2) is 15.3. The van der Waals surface area contributed by atoms with E-state index in [2.05, 4.69) is 6.92 Å². The Morgan fingerprint density at radius 1 is 0.784 bits per heavy atom. The van der Waals surface area contributed by atoms with Crippen molar-refractivity contribution in [1.29, 1.82) is 0 Å². The van der Waals surface area contributed by atoms with E-state index in [9.17, 15) is 15.1 Å². The molecule has 37 heavy (non-hydrogen) atoms. The van der Waals surface area contributed by atoms with Crippen LogP contribution in [-0.4, -0.2) is 17.6 Å². The first-order chi connectivity index (χ1) is 17.3. The van der Waals surface area contributed by atoms with Gasteiger partial charge < -0.3 is 14.6 Å². The molecule has 2 atom stereocenters. The van der Waals surface area contributed by atoms with E-state index in [1.54, 1.807) is 12.1 Å². The van der Waals surface area contributed by atoms with E-state index >= 15 is 0 Å². The van der Waals surface area contributed by atoms with Gasteiger partial charge in [-0.1, -0.05) is 101 Å². The van der Waals surface area contributed by atoms with Gasteiger partial charge in [-0.15, -0.1) is 10.3 Å². The van der Waals surface area contributed by atoms with Gasteiger partial charge in [-0.2, -0.15) is 0 Å². The largest absolute Gasteiger partial charge is 1.00 e. The zero-order valence-electron chi connectivity index (χ0n) is 23.4. The molecule has 0 saturated carbocycles. The Balaban J connectivity index is 0.00000481.